The molecule has 0 heterocycles. The smallest absolute Gasteiger partial charge is 0.168 e. The third-order valence-corrected chi connectivity index (χ3v) is 1.15. The maximum Gasteiger partial charge on any atom is 0.168 e. The molecule has 0 radical (unpaired) electrons. The molecule has 0 atom stereocenters. The van der Waals surface area contributed by atoms with Crippen LogP contribution in [0.15, 0.2) is 24.3 Å². The van der Waals surface area contributed by atoms with Crippen LogP contribution in [0.1, 0.15) is 5.56 Å². The predicted octanol–water partition coefficient (Wildman–Crippen LogP) is 1.78. The van der Waals surface area contributed by atoms with E-state index >= 15 is 0 Å². The van der Waals surface area contributed by atoms with E-state index < -0.39 is 0 Å². The zero-order valence-electron chi connectivity index (χ0n) is 5.57. The zero-order valence-corrected chi connectivity index (χ0v) is 5.57. The molecule has 0 saturated carbocycles. The minimum atomic E-state index is 0.480. The van der Waals surface area contributed by atoms with Gasteiger partial charge >= 0.3 is 0 Å². The van der Waals surface area contributed by atoms with Crippen LogP contribution >= 0.6 is 0 Å². The first-order valence-corrected chi connectivity index (χ1v) is 2.87. The summed E-state index contributed by atoms with van der Waals surface area (Å²) in [5, 5.41) is 11.3. The summed E-state index contributed by atoms with van der Waals surface area (Å²) in [5.74, 6) is 0.480. The summed E-state index contributed by atoms with van der Waals surface area (Å²) in [6.45, 7) is 1.96. The Labute approximate surface area is 58.7 Å². The lowest BCUT2D eigenvalue weighted by atomic mass is 10.2. The first-order valence-electron chi connectivity index (χ1n) is 2.87. The van der Waals surface area contributed by atoms with Gasteiger partial charge < -0.3 is 4.89 Å². The Bertz CT molecular complexity index is 193. The van der Waals surface area contributed by atoms with Gasteiger partial charge in [-0.25, -0.2) is 5.26 Å². The molecule has 0 fully saturated rings. The van der Waals surface area contributed by atoms with Crippen molar-refractivity contribution in [2.75, 3.05) is 0 Å². The van der Waals surface area contributed by atoms with Crippen LogP contribution in [-0.4, -0.2) is 5.26 Å². The van der Waals surface area contributed by atoms with Crippen molar-refractivity contribution >= 4 is 0 Å². The highest BCUT2D eigenvalue weighted by atomic mass is 17.5. The standard InChI is InChI=1S/C7H8O3/c1-6-2-4-7(5-3-6)9-10-8/h2-5,8H,1H3. The van der Waals surface area contributed by atoms with Gasteiger partial charge in [0, 0.05) is 0 Å². The summed E-state index contributed by atoms with van der Waals surface area (Å²) in [6, 6.07) is 7.11. The van der Waals surface area contributed by atoms with Gasteiger partial charge in [-0.1, -0.05) is 17.7 Å². The Morgan fingerprint density at radius 3 is 2.30 bits per heavy atom. The highest BCUT2D eigenvalue weighted by molar-refractivity contribution is 5.25. The molecular formula is C7H8O3. The van der Waals surface area contributed by atoms with E-state index in [1.807, 2.05) is 19.1 Å². The van der Waals surface area contributed by atoms with Crippen LogP contribution < -0.4 is 4.89 Å². The summed E-state index contributed by atoms with van der Waals surface area (Å²) < 4.78 is 0. The van der Waals surface area contributed by atoms with E-state index in [1.165, 1.54) is 0 Å². The van der Waals surface area contributed by atoms with Crippen LogP contribution in [0.4, 0.5) is 0 Å². The Hall–Kier alpha value is -1.06. The van der Waals surface area contributed by atoms with Gasteiger partial charge in [-0.3, -0.25) is 0 Å². The topological polar surface area (TPSA) is 38.7 Å². The summed E-state index contributed by atoms with van der Waals surface area (Å²) in [7, 11) is 0. The molecule has 0 amide bonds. The van der Waals surface area contributed by atoms with Gasteiger partial charge in [0.25, 0.3) is 0 Å². The van der Waals surface area contributed by atoms with E-state index in [9.17, 15) is 0 Å². The number of aryl methyl sites for hydroxylation is 1. The van der Waals surface area contributed by atoms with E-state index in [-0.39, 0.29) is 0 Å². The average Bonchev–Trinajstić information content (AvgIpc) is 1.95. The lowest BCUT2D eigenvalue weighted by molar-refractivity contribution is -0.438. The quantitative estimate of drug-likeness (QED) is 0.502. The molecule has 1 aromatic carbocycles. The second-order valence-corrected chi connectivity index (χ2v) is 1.97. The molecule has 0 aliphatic rings. The molecule has 10 heavy (non-hydrogen) atoms. The third-order valence-electron chi connectivity index (χ3n) is 1.15. The lowest BCUT2D eigenvalue weighted by Gasteiger charge is -1.97. The fourth-order valence-electron chi connectivity index (χ4n) is 0.637. The van der Waals surface area contributed by atoms with Crippen LogP contribution in [0.2, 0.25) is 0 Å². The maximum atomic E-state index is 7.87. The number of hydrogen-bond acceptors (Lipinski definition) is 3. The normalized spacial score (nSPS) is 9.40. The van der Waals surface area contributed by atoms with Gasteiger partial charge in [-0.2, -0.15) is 0 Å². The van der Waals surface area contributed by atoms with E-state index in [4.69, 9.17) is 5.26 Å². The summed E-state index contributed by atoms with van der Waals surface area (Å²) in [6.07, 6.45) is 0. The molecule has 3 nitrogen and oxygen atoms in total. The summed E-state index contributed by atoms with van der Waals surface area (Å²) >= 11 is 0. The second-order valence-electron chi connectivity index (χ2n) is 1.97. The third kappa shape index (κ3) is 1.72. The van der Waals surface area contributed by atoms with Gasteiger partial charge in [-0.15, -0.1) is 0 Å². The molecule has 1 N–H and O–H groups in total. The van der Waals surface area contributed by atoms with Crippen molar-refractivity contribution in [2.24, 2.45) is 0 Å². The SMILES string of the molecule is Cc1ccc(OOO)cc1. The number of hydrogen-bond donors (Lipinski definition) is 1. The van der Waals surface area contributed by atoms with Gasteiger partial charge in [0.2, 0.25) is 0 Å². The Balaban J connectivity index is 2.69. The van der Waals surface area contributed by atoms with Crippen molar-refractivity contribution in [3.05, 3.63) is 29.8 Å². The highest BCUT2D eigenvalue weighted by Gasteiger charge is 1.90. The molecule has 0 unspecified atom stereocenters. The summed E-state index contributed by atoms with van der Waals surface area (Å²) in [4.78, 5) is 4.32. The zero-order chi connectivity index (χ0) is 7.40. The second kappa shape index (κ2) is 3.20. The van der Waals surface area contributed by atoms with Gasteiger partial charge in [-0.05, 0) is 24.1 Å². The Morgan fingerprint density at radius 1 is 1.20 bits per heavy atom. The lowest BCUT2D eigenvalue weighted by Crippen LogP contribution is -1.90. The van der Waals surface area contributed by atoms with Crippen molar-refractivity contribution in [3.8, 4) is 5.75 Å². The molecule has 0 saturated heterocycles. The van der Waals surface area contributed by atoms with E-state index in [1.54, 1.807) is 12.1 Å². The van der Waals surface area contributed by atoms with Gasteiger partial charge in [0.15, 0.2) is 5.75 Å². The minimum absolute atomic E-state index is 0.480. The van der Waals surface area contributed by atoms with Crippen LogP contribution in [0.25, 0.3) is 0 Å². The van der Waals surface area contributed by atoms with Crippen molar-refractivity contribution in [3.63, 3.8) is 0 Å². The Kier molecular flexibility index (Phi) is 2.25. The number of benzene rings is 1. The molecule has 54 valence electrons. The highest BCUT2D eigenvalue weighted by Crippen LogP contribution is 2.10. The molecule has 0 aromatic heterocycles. The van der Waals surface area contributed by atoms with Crippen molar-refractivity contribution < 1.29 is 15.2 Å². The van der Waals surface area contributed by atoms with Gasteiger partial charge in [0.05, 0.1) is 0 Å². The molecule has 0 aliphatic carbocycles. The first kappa shape index (κ1) is 7.05. The predicted molar refractivity (Wildman–Crippen MR) is 35.5 cm³/mol. The molecule has 0 spiro atoms. The van der Waals surface area contributed by atoms with Crippen LogP contribution in [-0.2, 0) is 5.04 Å². The van der Waals surface area contributed by atoms with E-state index in [0.29, 0.717) is 5.75 Å². The van der Waals surface area contributed by atoms with Crippen LogP contribution in [0, 0.1) is 6.92 Å². The number of rotatable bonds is 2. The molecule has 1 rings (SSSR count). The van der Waals surface area contributed by atoms with Crippen LogP contribution in [0.5, 0.6) is 5.75 Å². The van der Waals surface area contributed by atoms with Crippen molar-refractivity contribution in [2.45, 2.75) is 6.92 Å². The minimum Gasteiger partial charge on any atom is -0.308 e. The van der Waals surface area contributed by atoms with Crippen LogP contribution in [0.3, 0.4) is 0 Å². The average molecular weight is 140 g/mol. The van der Waals surface area contributed by atoms with Crippen molar-refractivity contribution in [1.29, 1.82) is 0 Å². The molecule has 0 aliphatic heterocycles. The molecule has 1 aromatic rings. The van der Waals surface area contributed by atoms with E-state index in [2.05, 4.69) is 9.93 Å². The molecule has 0 bridgehead atoms. The van der Waals surface area contributed by atoms with E-state index in [0.717, 1.165) is 5.56 Å². The largest absolute Gasteiger partial charge is 0.308 e. The van der Waals surface area contributed by atoms with Crippen molar-refractivity contribution in [1.82, 2.24) is 0 Å². The molecule has 3 heteroatoms. The van der Waals surface area contributed by atoms with Gasteiger partial charge in [0.1, 0.15) is 0 Å². The fraction of sp³-hybridized carbons (Fsp3) is 0.143. The monoisotopic (exact) mass is 140 g/mol. The maximum absolute atomic E-state index is 7.87. The first-order chi connectivity index (χ1) is 4.83. The Morgan fingerprint density at radius 2 is 1.80 bits per heavy atom. The molecular weight excluding hydrogens is 132 g/mol. The summed E-state index contributed by atoms with van der Waals surface area (Å²) in [5.41, 5.74) is 1.13. The fourth-order valence-corrected chi connectivity index (χ4v) is 0.637.